The summed E-state index contributed by atoms with van der Waals surface area (Å²) < 4.78 is 5.74. The van der Waals surface area contributed by atoms with Gasteiger partial charge in [-0.05, 0) is 61.4 Å². The highest BCUT2D eigenvalue weighted by atomic mass is 35.5. The van der Waals surface area contributed by atoms with Crippen LogP contribution in [-0.4, -0.2) is 17.0 Å². The number of anilines is 1. The van der Waals surface area contributed by atoms with E-state index >= 15 is 0 Å². The second-order valence-electron chi connectivity index (χ2n) is 6.57. The normalized spacial score (nSPS) is 11.1. The number of nitriles is 1. The number of benzene rings is 2. The van der Waals surface area contributed by atoms with E-state index in [1.165, 1.54) is 18.2 Å². The van der Waals surface area contributed by atoms with E-state index in [4.69, 9.17) is 16.0 Å². The number of carbonyl (C=O) groups is 2. The highest BCUT2D eigenvalue weighted by molar-refractivity contribution is 6.31. The first-order valence-corrected chi connectivity index (χ1v) is 9.30. The van der Waals surface area contributed by atoms with E-state index in [9.17, 15) is 20.0 Å². The second kappa shape index (κ2) is 8.68. The number of nitrogens with zero attached hydrogens (tertiary/aromatic N) is 1. The molecule has 1 amide bonds. The maximum Gasteiger partial charge on any atom is 0.335 e. The zero-order valence-electron chi connectivity index (χ0n) is 16.2. The fourth-order valence-electron chi connectivity index (χ4n) is 2.82. The molecule has 1 heterocycles. The number of carboxylic acids is 1. The lowest BCUT2D eigenvalue weighted by Gasteiger charge is -2.08. The van der Waals surface area contributed by atoms with Gasteiger partial charge in [-0.2, -0.15) is 5.26 Å². The van der Waals surface area contributed by atoms with Crippen LogP contribution in [0.25, 0.3) is 17.4 Å². The van der Waals surface area contributed by atoms with E-state index in [0.29, 0.717) is 33.4 Å². The largest absolute Gasteiger partial charge is 0.478 e. The molecule has 7 heteroatoms. The van der Waals surface area contributed by atoms with E-state index in [-0.39, 0.29) is 11.1 Å². The van der Waals surface area contributed by atoms with E-state index in [2.05, 4.69) is 5.32 Å². The molecule has 3 aromatic rings. The molecule has 0 aliphatic heterocycles. The van der Waals surface area contributed by atoms with Gasteiger partial charge in [-0.25, -0.2) is 4.79 Å². The minimum atomic E-state index is -1.04. The van der Waals surface area contributed by atoms with Crippen LogP contribution in [0.4, 0.5) is 5.69 Å². The second-order valence-corrected chi connectivity index (χ2v) is 6.98. The molecule has 2 N–H and O–H groups in total. The first kappa shape index (κ1) is 20.9. The average Bonchev–Trinajstić information content (AvgIpc) is 3.18. The van der Waals surface area contributed by atoms with Gasteiger partial charge < -0.3 is 14.8 Å². The number of furan rings is 1. The standard InChI is InChI=1S/C23H17ClN2O4/c1-13-6-7-15(23(28)29)11-18(13)21-9-8-17(30-21)10-16(12-25)22(27)26-20-5-3-4-19(24)14(20)2/h3-11H,1-2H3,(H,26,27)(H,28,29)/b16-10+. The van der Waals surface area contributed by atoms with E-state index in [1.54, 1.807) is 43.3 Å². The Balaban J connectivity index is 1.88. The summed E-state index contributed by atoms with van der Waals surface area (Å²) in [5, 5.41) is 21.8. The Hall–Kier alpha value is -3.82. The lowest BCUT2D eigenvalue weighted by atomic mass is 10.0. The van der Waals surface area contributed by atoms with Crippen LogP contribution in [0, 0.1) is 25.2 Å². The molecule has 0 saturated heterocycles. The summed E-state index contributed by atoms with van der Waals surface area (Å²) in [5.74, 6) is -0.905. The third kappa shape index (κ3) is 4.43. The molecule has 2 aromatic carbocycles. The number of nitrogens with one attached hydrogen (secondary N) is 1. The van der Waals surface area contributed by atoms with Crippen molar-refractivity contribution in [3.8, 4) is 17.4 Å². The number of hydrogen-bond donors (Lipinski definition) is 2. The maximum atomic E-state index is 12.5. The predicted octanol–water partition coefficient (Wildman–Crippen LogP) is 5.46. The van der Waals surface area contributed by atoms with Crippen molar-refractivity contribution >= 4 is 35.2 Å². The molecule has 0 aliphatic rings. The molecule has 0 spiro atoms. The van der Waals surface area contributed by atoms with Crippen molar-refractivity contribution < 1.29 is 19.1 Å². The van der Waals surface area contributed by atoms with E-state index < -0.39 is 11.9 Å². The Morgan fingerprint density at radius 3 is 2.63 bits per heavy atom. The molecule has 30 heavy (non-hydrogen) atoms. The van der Waals surface area contributed by atoms with Crippen LogP contribution in [0.2, 0.25) is 5.02 Å². The van der Waals surface area contributed by atoms with Gasteiger partial charge in [-0.3, -0.25) is 4.79 Å². The lowest BCUT2D eigenvalue weighted by molar-refractivity contribution is -0.112. The van der Waals surface area contributed by atoms with Crippen LogP contribution in [0.5, 0.6) is 0 Å². The molecule has 0 saturated carbocycles. The van der Waals surface area contributed by atoms with Crippen LogP contribution >= 0.6 is 11.6 Å². The van der Waals surface area contributed by atoms with Gasteiger partial charge in [-0.1, -0.05) is 23.7 Å². The Kier molecular flexibility index (Phi) is 6.05. The molecule has 0 aliphatic carbocycles. The molecule has 0 atom stereocenters. The molecular weight excluding hydrogens is 404 g/mol. The molecule has 0 unspecified atom stereocenters. The van der Waals surface area contributed by atoms with E-state index in [1.807, 2.05) is 13.0 Å². The summed E-state index contributed by atoms with van der Waals surface area (Å²) in [7, 11) is 0. The summed E-state index contributed by atoms with van der Waals surface area (Å²) in [6.45, 7) is 3.60. The molecule has 0 radical (unpaired) electrons. The Morgan fingerprint density at radius 2 is 1.93 bits per heavy atom. The fourth-order valence-corrected chi connectivity index (χ4v) is 2.99. The van der Waals surface area contributed by atoms with Gasteiger partial charge >= 0.3 is 5.97 Å². The van der Waals surface area contributed by atoms with Crippen LogP contribution in [0.15, 0.2) is 58.5 Å². The molecule has 0 bridgehead atoms. The topological polar surface area (TPSA) is 103 Å². The zero-order chi connectivity index (χ0) is 21.8. The minimum absolute atomic E-state index is 0.137. The van der Waals surface area contributed by atoms with Crippen molar-refractivity contribution in [2.24, 2.45) is 0 Å². The summed E-state index contributed by atoms with van der Waals surface area (Å²) in [6, 6.07) is 15.0. The quantitative estimate of drug-likeness (QED) is 0.421. The number of aromatic carboxylic acids is 1. The van der Waals surface area contributed by atoms with Gasteiger partial charge in [0.2, 0.25) is 0 Å². The Labute approximate surface area is 178 Å². The van der Waals surface area contributed by atoms with Crippen molar-refractivity contribution in [1.82, 2.24) is 0 Å². The summed E-state index contributed by atoms with van der Waals surface area (Å²) >= 11 is 6.06. The monoisotopic (exact) mass is 420 g/mol. The number of aryl methyl sites for hydroxylation is 1. The van der Waals surface area contributed by atoms with Gasteiger partial charge in [0.15, 0.2) is 0 Å². The van der Waals surface area contributed by atoms with Gasteiger partial charge in [0.05, 0.1) is 5.56 Å². The van der Waals surface area contributed by atoms with Gasteiger partial charge in [-0.15, -0.1) is 0 Å². The number of amides is 1. The molecule has 0 fully saturated rings. The van der Waals surface area contributed by atoms with Crippen molar-refractivity contribution in [2.75, 3.05) is 5.32 Å². The summed E-state index contributed by atoms with van der Waals surface area (Å²) in [5.41, 5.74) is 2.64. The number of hydrogen-bond acceptors (Lipinski definition) is 4. The van der Waals surface area contributed by atoms with Crippen LogP contribution in [-0.2, 0) is 4.79 Å². The molecule has 1 aromatic heterocycles. The lowest BCUT2D eigenvalue weighted by Crippen LogP contribution is -2.14. The Morgan fingerprint density at radius 1 is 1.17 bits per heavy atom. The zero-order valence-corrected chi connectivity index (χ0v) is 16.9. The molecular formula is C23H17ClN2O4. The number of carboxylic acid groups (broad SMARTS) is 1. The molecule has 6 nitrogen and oxygen atoms in total. The smallest absolute Gasteiger partial charge is 0.335 e. The van der Waals surface area contributed by atoms with Crippen molar-refractivity contribution in [2.45, 2.75) is 13.8 Å². The van der Waals surface area contributed by atoms with Crippen LogP contribution in [0.1, 0.15) is 27.2 Å². The van der Waals surface area contributed by atoms with Crippen molar-refractivity contribution in [1.29, 1.82) is 5.26 Å². The minimum Gasteiger partial charge on any atom is -0.478 e. The number of rotatable bonds is 5. The van der Waals surface area contributed by atoms with Crippen LogP contribution in [0.3, 0.4) is 0 Å². The number of halogens is 1. The molecule has 150 valence electrons. The van der Waals surface area contributed by atoms with Gasteiger partial charge in [0.1, 0.15) is 23.2 Å². The van der Waals surface area contributed by atoms with Gasteiger partial charge in [0, 0.05) is 22.3 Å². The first-order chi connectivity index (χ1) is 14.3. The third-order valence-corrected chi connectivity index (χ3v) is 4.95. The van der Waals surface area contributed by atoms with E-state index in [0.717, 1.165) is 5.56 Å². The fraction of sp³-hybridized carbons (Fsp3) is 0.0870. The van der Waals surface area contributed by atoms with Crippen molar-refractivity contribution in [3.05, 3.63) is 81.6 Å². The van der Waals surface area contributed by atoms with Gasteiger partial charge in [0.25, 0.3) is 5.91 Å². The van der Waals surface area contributed by atoms with Crippen molar-refractivity contribution in [3.63, 3.8) is 0 Å². The predicted molar refractivity (Wildman–Crippen MR) is 114 cm³/mol. The average molecular weight is 421 g/mol. The SMILES string of the molecule is Cc1ccc(C(=O)O)cc1-c1ccc(/C=C(\C#N)C(=O)Nc2cccc(Cl)c2C)o1. The first-order valence-electron chi connectivity index (χ1n) is 8.92. The Bertz CT molecular complexity index is 1220. The number of carbonyl (C=O) groups excluding carboxylic acids is 1. The van der Waals surface area contributed by atoms with Crippen LogP contribution < -0.4 is 5.32 Å². The summed E-state index contributed by atoms with van der Waals surface area (Å²) in [6.07, 6.45) is 1.33. The maximum absolute atomic E-state index is 12.5. The summed E-state index contributed by atoms with van der Waals surface area (Å²) in [4.78, 5) is 23.7. The highest BCUT2D eigenvalue weighted by Gasteiger charge is 2.15. The molecule has 3 rings (SSSR count). The highest BCUT2D eigenvalue weighted by Crippen LogP contribution is 2.28. The third-order valence-electron chi connectivity index (χ3n) is 4.54.